The molecule has 0 bridgehead atoms. The number of halogens is 2. The number of hydrogen-bond donors (Lipinski definition) is 2. The number of carbonyl (C=O) groups is 2. The van der Waals surface area contributed by atoms with Crippen molar-refractivity contribution in [1.29, 1.82) is 0 Å². The zero-order valence-corrected chi connectivity index (χ0v) is 15.0. The lowest BCUT2D eigenvalue weighted by atomic mass is 10.0. The predicted molar refractivity (Wildman–Crippen MR) is 105 cm³/mol. The lowest BCUT2D eigenvalue weighted by molar-refractivity contribution is 0.102. The largest absolute Gasteiger partial charge is 0.399 e. The van der Waals surface area contributed by atoms with Gasteiger partial charge < -0.3 is 11.1 Å². The van der Waals surface area contributed by atoms with E-state index in [1.54, 1.807) is 42.5 Å². The van der Waals surface area contributed by atoms with Crippen molar-refractivity contribution >= 4 is 46.3 Å². The van der Waals surface area contributed by atoms with Crippen LogP contribution in [0.4, 0.5) is 11.4 Å². The quantitative estimate of drug-likeness (QED) is 0.487. The molecule has 0 aromatic heterocycles. The number of ketones is 1. The van der Waals surface area contributed by atoms with Crippen LogP contribution in [0.2, 0.25) is 10.0 Å². The molecule has 0 unspecified atom stereocenters. The summed E-state index contributed by atoms with van der Waals surface area (Å²) in [6.45, 7) is 0. The van der Waals surface area contributed by atoms with E-state index in [1.165, 1.54) is 18.2 Å². The Kier molecular flexibility index (Phi) is 5.26. The van der Waals surface area contributed by atoms with E-state index in [9.17, 15) is 9.59 Å². The smallest absolute Gasteiger partial charge is 0.257 e. The molecule has 1 amide bonds. The molecule has 0 heterocycles. The third kappa shape index (κ3) is 3.87. The molecule has 0 fully saturated rings. The number of benzene rings is 3. The first-order chi connectivity index (χ1) is 12.5. The summed E-state index contributed by atoms with van der Waals surface area (Å²) in [7, 11) is 0. The minimum absolute atomic E-state index is 0.217. The SMILES string of the molecule is Nc1ccc(NC(=O)c2cc(Cl)ccc2Cl)c(C(=O)c2ccccc2)c1. The number of carbonyl (C=O) groups excluding carboxylic acids is 2. The van der Waals surface area contributed by atoms with Crippen LogP contribution in [0.25, 0.3) is 0 Å². The Balaban J connectivity index is 1.97. The van der Waals surface area contributed by atoms with Crippen molar-refractivity contribution in [2.45, 2.75) is 0 Å². The summed E-state index contributed by atoms with van der Waals surface area (Å²) in [6.07, 6.45) is 0. The average Bonchev–Trinajstić information content (AvgIpc) is 2.65. The molecule has 0 saturated heterocycles. The van der Waals surface area contributed by atoms with Crippen molar-refractivity contribution in [2.24, 2.45) is 0 Å². The van der Waals surface area contributed by atoms with Crippen molar-refractivity contribution in [3.63, 3.8) is 0 Å². The van der Waals surface area contributed by atoms with Gasteiger partial charge in [-0.3, -0.25) is 9.59 Å². The summed E-state index contributed by atoms with van der Waals surface area (Å²) in [5.74, 6) is -0.713. The number of anilines is 2. The van der Waals surface area contributed by atoms with Gasteiger partial charge in [-0.05, 0) is 36.4 Å². The third-order valence-corrected chi connectivity index (χ3v) is 4.31. The van der Waals surface area contributed by atoms with Gasteiger partial charge in [-0.2, -0.15) is 0 Å². The molecule has 0 aliphatic heterocycles. The molecule has 0 radical (unpaired) electrons. The maximum absolute atomic E-state index is 12.8. The number of nitrogens with one attached hydrogen (secondary N) is 1. The molecular formula is C20H14Cl2N2O2. The molecule has 6 heteroatoms. The van der Waals surface area contributed by atoms with Gasteiger partial charge in [0, 0.05) is 21.8 Å². The van der Waals surface area contributed by atoms with Crippen LogP contribution in [-0.4, -0.2) is 11.7 Å². The highest BCUT2D eigenvalue weighted by Gasteiger charge is 2.18. The second-order valence-corrected chi connectivity index (χ2v) is 6.42. The Hall–Kier alpha value is -2.82. The number of nitrogens with two attached hydrogens (primary N) is 1. The molecule has 4 nitrogen and oxygen atoms in total. The van der Waals surface area contributed by atoms with Gasteiger partial charge in [0.25, 0.3) is 5.91 Å². The lowest BCUT2D eigenvalue weighted by Crippen LogP contribution is -2.16. The van der Waals surface area contributed by atoms with Crippen LogP contribution in [0.3, 0.4) is 0 Å². The summed E-state index contributed by atoms with van der Waals surface area (Å²) in [4.78, 5) is 25.4. The van der Waals surface area contributed by atoms with Crippen molar-refractivity contribution < 1.29 is 9.59 Å². The highest BCUT2D eigenvalue weighted by atomic mass is 35.5. The van der Waals surface area contributed by atoms with E-state index in [1.807, 2.05) is 6.07 Å². The van der Waals surface area contributed by atoms with Gasteiger partial charge >= 0.3 is 0 Å². The second kappa shape index (κ2) is 7.60. The van der Waals surface area contributed by atoms with Gasteiger partial charge in [0.1, 0.15) is 0 Å². The molecule has 0 atom stereocenters. The second-order valence-electron chi connectivity index (χ2n) is 5.58. The minimum atomic E-state index is -0.468. The van der Waals surface area contributed by atoms with E-state index < -0.39 is 5.91 Å². The number of amides is 1. The highest BCUT2D eigenvalue weighted by Crippen LogP contribution is 2.25. The summed E-state index contributed by atoms with van der Waals surface area (Å²) < 4.78 is 0. The van der Waals surface area contributed by atoms with Crippen molar-refractivity contribution in [1.82, 2.24) is 0 Å². The van der Waals surface area contributed by atoms with Crippen LogP contribution in [0, 0.1) is 0 Å². The van der Waals surface area contributed by atoms with Crippen molar-refractivity contribution in [3.8, 4) is 0 Å². The van der Waals surface area contributed by atoms with E-state index in [-0.39, 0.29) is 16.4 Å². The van der Waals surface area contributed by atoms with Crippen LogP contribution in [0.15, 0.2) is 66.7 Å². The first-order valence-electron chi connectivity index (χ1n) is 7.71. The summed E-state index contributed by atoms with van der Waals surface area (Å²) in [6, 6.07) is 18.1. The molecule has 3 aromatic carbocycles. The molecule has 26 heavy (non-hydrogen) atoms. The molecule has 0 aliphatic rings. The topological polar surface area (TPSA) is 72.2 Å². The van der Waals surface area contributed by atoms with Gasteiger partial charge in [0.2, 0.25) is 0 Å². The summed E-state index contributed by atoms with van der Waals surface area (Å²) in [5, 5.41) is 3.36. The van der Waals surface area contributed by atoms with E-state index in [0.29, 0.717) is 27.5 Å². The van der Waals surface area contributed by atoms with Gasteiger partial charge in [-0.15, -0.1) is 0 Å². The Bertz CT molecular complexity index is 988. The first-order valence-corrected chi connectivity index (χ1v) is 8.47. The highest BCUT2D eigenvalue weighted by molar-refractivity contribution is 6.36. The van der Waals surface area contributed by atoms with Crippen LogP contribution in [-0.2, 0) is 0 Å². The Morgan fingerprint density at radius 2 is 1.58 bits per heavy atom. The van der Waals surface area contributed by atoms with Crippen LogP contribution in [0.1, 0.15) is 26.3 Å². The van der Waals surface area contributed by atoms with Crippen LogP contribution in [0.5, 0.6) is 0 Å². The van der Waals surface area contributed by atoms with E-state index in [2.05, 4.69) is 5.32 Å². The molecule has 130 valence electrons. The van der Waals surface area contributed by atoms with Crippen LogP contribution < -0.4 is 11.1 Å². The standard InChI is InChI=1S/C20H14Cl2N2O2/c21-13-6-8-17(22)15(10-13)20(26)24-18-9-7-14(23)11-16(18)19(25)12-4-2-1-3-5-12/h1-11H,23H2,(H,24,26). The number of hydrogen-bond acceptors (Lipinski definition) is 3. The molecule has 0 aliphatic carbocycles. The maximum atomic E-state index is 12.8. The zero-order valence-electron chi connectivity index (χ0n) is 13.5. The maximum Gasteiger partial charge on any atom is 0.257 e. The normalized spacial score (nSPS) is 10.4. The van der Waals surface area contributed by atoms with Gasteiger partial charge in [-0.1, -0.05) is 53.5 Å². The van der Waals surface area contributed by atoms with Crippen LogP contribution >= 0.6 is 23.2 Å². The van der Waals surface area contributed by atoms with Crippen molar-refractivity contribution in [3.05, 3.63) is 93.5 Å². The number of rotatable bonds is 4. The van der Waals surface area contributed by atoms with Gasteiger partial charge in [-0.25, -0.2) is 0 Å². The Morgan fingerprint density at radius 3 is 2.31 bits per heavy atom. The van der Waals surface area contributed by atoms with E-state index in [4.69, 9.17) is 28.9 Å². The van der Waals surface area contributed by atoms with Gasteiger partial charge in [0.15, 0.2) is 5.78 Å². The third-order valence-electron chi connectivity index (χ3n) is 3.75. The fourth-order valence-electron chi connectivity index (χ4n) is 2.46. The van der Waals surface area contributed by atoms with Gasteiger partial charge in [0.05, 0.1) is 16.3 Å². The molecule has 3 rings (SSSR count). The Labute approximate surface area is 160 Å². The molecule has 3 aromatic rings. The minimum Gasteiger partial charge on any atom is -0.399 e. The predicted octanol–water partition coefficient (Wildman–Crippen LogP) is 5.06. The lowest BCUT2D eigenvalue weighted by Gasteiger charge is -2.12. The molecular weight excluding hydrogens is 371 g/mol. The Morgan fingerprint density at radius 1 is 0.846 bits per heavy atom. The fourth-order valence-corrected chi connectivity index (χ4v) is 2.84. The zero-order chi connectivity index (χ0) is 18.7. The molecule has 0 spiro atoms. The average molecular weight is 385 g/mol. The van der Waals surface area contributed by atoms with E-state index in [0.717, 1.165) is 0 Å². The molecule has 3 N–H and O–H groups in total. The first kappa shape index (κ1) is 18.0. The summed E-state index contributed by atoms with van der Waals surface area (Å²) in [5.41, 5.74) is 7.59. The van der Waals surface area contributed by atoms with E-state index >= 15 is 0 Å². The molecule has 0 saturated carbocycles. The monoisotopic (exact) mass is 384 g/mol. The fraction of sp³-hybridized carbons (Fsp3) is 0. The summed E-state index contributed by atoms with van der Waals surface area (Å²) >= 11 is 12.0. The van der Waals surface area contributed by atoms with Crippen molar-refractivity contribution in [2.75, 3.05) is 11.1 Å². The number of nitrogen functional groups attached to an aromatic ring is 1.